The van der Waals surface area contributed by atoms with Gasteiger partial charge < -0.3 is 5.11 Å². The molecular weight excluding hydrogens is 220 g/mol. The molecule has 1 saturated carbocycles. The molecule has 1 aromatic carbocycles. The van der Waals surface area contributed by atoms with Gasteiger partial charge in [0.15, 0.2) is 0 Å². The first-order chi connectivity index (χ1) is 7.60. The Labute approximate surface area is 100 Å². The number of hydrogen-bond acceptors (Lipinski definition) is 2. The Morgan fingerprint density at radius 2 is 2.12 bits per heavy atom. The largest absolute Gasteiger partial charge is 0.481 e. The Balaban J connectivity index is 2.49. The van der Waals surface area contributed by atoms with E-state index in [0.717, 1.165) is 35.3 Å². The lowest BCUT2D eigenvalue weighted by atomic mass is 9.63. The highest BCUT2D eigenvalue weighted by molar-refractivity contribution is 7.98. The molecule has 0 unspecified atom stereocenters. The second kappa shape index (κ2) is 4.13. The molecule has 3 heteroatoms. The Bertz CT molecular complexity index is 422. The predicted molar refractivity (Wildman–Crippen MR) is 66.1 cm³/mol. The quantitative estimate of drug-likeness (QED) is 0.819. The van der Waals surface area contributed by atoms with Crippen molar-refractivity contribution in [2.24, 2.45) is 0 Å². The Kier molecular flexibility index (Phi) is 2.98. The summed E-state index contributed by atoms with van der Waals surface area (Å²) in [6.07, 6.45) is 4.60. The minimum Gasteiger partial charge on any atom is -0.481 e. The van der Waals surface area contributed by atoms with Crippen LogP contribution in [0, 0.1) is 6.92 Å². The molecule has 1 N–H and O–H groups in total. The van der Waals surface area contributed by atoms with Gasteiger partial charge in [0.1, 0.15) is 0 Å². The molecule has 86 valence electrons. The Hall–Kier alpha value is -0.960. The number of hydrogen-bond donors (Lipinski definition) is 1. The third kappa shape index (κ3) is 1.63. The van der Waals surface area contributed by atoms with Crippen molar-refractivity contribution in [3.05, 3.63) is 29.3 Å². The first-order valence-electron chi connectivity index (χ1n) is 5.49. The molecule has 1 fully saturated rings. The lowest BCUT2D eigenvalue weighted by Crippen LogP contribution is -2.42. The molecule has 0 aromatic heterocycles. The van der Waals surface area contributed by atoms with Gasteiger partial charge in [-0.1, -0.05) is 12.5 Å². The van der Waals surface area contributed by atoms with E-state index in [1.165, 1.54) is 0 Å². The SMILES string of the molecule is CSc1ccc(C)c(C2(C(=O)O)CCC2)c1. The molecule has 0 radical (unpaired) electrons. The lowest BCUT2D eigenvalue weighted by Gasteiger charge is -2.39. The third-order valence-corrected chi connectivity index (χ3v) is 4.30. The van der Waals surface area contributed by atoms with Crippen LogP contribution in [0.5, 0.6) is 0 Å². The Morgan fingerprint density at radius 3 is 2.56 bits per heavy atom. The van der Waals surface area contributed by atoms with Crippen molar-refractivity contribution in [1.82, 2.24) is 0 Å². The summed E-state index contributed by atoms with van der Waals surface area (Å²) in [5.41, 5.74) is 1.51. The van der Waals surface area contributed by atoms with E-state index in [1.54, 1.807) is 11.8 Å². The van der Waals surface area contributed by atoms with Crippen molar-refractivity contribution in [3.8, 4) is 0 Å². The fraction of sp³-hybridized carbons (Fsp3) is 0.462. The normalized spacial score (nSPS) is 17.9. The van der Waals surface area contributed by atoms with E-state index in [1.807, 2.05) is 25.3 Å². The van der Waals surface area contributed by atoms with Gasteiger partial charge >= 0.3 is 5.97 Å². The van der Waals surface area contributed by atoms with Gasteiger partial charge in [0.2, 0.25) is 0 Å². The van der Waals surface area contributed by atoms with Crippen molar-refractivity contribution >= 4 is 17.7 Å². The van der Waals surface area contributed by atoms with Crippen LogP contribution in [0.1, 0.15) is 30.4 Å². The maximum absolute atomic E-state index is 11.4. The summed E-state index contributed by atoms with van der Waals surface area (Å²) in [7, 11) is 0. The van der Waals surface area contributed by atoms with Crippen LogP contribution in [0.25, 0.3) is 0 Å². The van der Waals surface area contributed by atoms with Gasteiger partial charge in [-0.3, -0.25) is 4.79 Å². The number of thioether (sulfide) groups is 1. The molecule has 0 aliphatic heterocycles. The zero-order chi connectivity index (χ0) is 11.8. The third-order valence-electron chi connectivity index (χ3n) is 3.58. The predicted octanol–water partition coefficient (Wildman–Crippen LogP) is 3.22. The lowest BCUT2D eigenvalue weighted by molar-refractivity contribution is -0.147. The Morgan fingerprint density at radius 1 is 1.44 bits per heavy atom. The van der Waals surface area contributed by atoms with Crippen molar-refractivity contribution in [2.45, 2.75) is 36.5 Å². The van der Waals surface area contributed by atoms with Crippen LogP contribution in [0.2, 0.25) is 0 Å². The van der Waals surface area contributed by atoms with Gasteiger partial charge in [0, 0.05) is 4.90 Å². The summed E-state index contributed by atoms with van der Waals surface area (Å²) >= 11 is 1.66. The molecule has 2 rings (SSSR count). The minimum atomic E-state index is -0.667. The van der Waals surface area contributed by atoms with Crippen LogP contribution in [0.3, 0.4) is 0 Å². The van der Waals surface area contributed by atoms with E-state index in [0.29, 0.717) is 0 Å². The fourth-order valence-electron chi connectivity index (χ4n) is 2.37. The topological polar surface area (TPSA) is 37.3 Å². The molecule has 0 amide bonds. The van der Waals surface area contributed by atoms with E-state index < -0.39 is 11.4 Å². The maximum Gasteiger partial charge on any atom is 0.314 e. The van der Waals surface area contributed by atoms with E-state index in [4.69, 9.17) is 0 Å². The van der Waals surface area contributed by atoms with Crippen LogP contribution in [0.15, 0.2) is 23.1 Å². The van der Waals surface area contributed by atoms with E-state index in [9.17, 15) is 9.90 Å². The number of carboxylic acids is 1. The van der Waals surface area contributed by atoms with Crippen molar-refractivity contribution in [1.29, 1.82) is 0 Å². The van der Waals surface area contributed by atoms with Crippen LogP contribution in [-0.2, 0) is 10.2 Å². The number of aryl methyl sites for hydroxylation is 1. The summed E-state index contributed by atoms with van der Waals surface area (Å²) < 4.78 is 0. The highest BCUT2D eigenvalue weighted by atomic mass is 32.2. The average molecular weight is 236 g/mol. The molecule has 16 heavy (non-hydrogen) atoms. The molecule has 0 saturated heterocycles. The minimum absolute atomic E-state index is 0.601. The average Bonchev–Trinajstić information content (AvgIpc) is 2.18. The first-order valence-corrected chi connectivity index (χ1v) is 6.71. The molecule has 2 nitrogen and oxygen atoms in total. The summed E-state index contributed by atoms with van der Waals surface area (Å²) in [6.45, 7) is 2.00. The van der Waals surface area contributed by atoms with Crippen LogP contribution < -0.4 is 0 Å². The number of carboxylic acid groups (broad SMARTS) is 1. The van der Waals surface area contributed by atoms with Gasteiger partial charge in [-0.2, -0.15) is 0 Å². The summed E-state index contributed by atoms with van der Waals surface area (Å²) in [5, 5.41) is 9.42. The second-order valence-corrected chi connectivity index (χ2v) is 5.30. The second-order valence-electron chi connectivity index (χ2n) is 4.42. The maximum atomic E-state index is 11.4. The highest BCUT2D eigenvalue weighted by Gasteiger charge is 2.46. The molecule has 1 aliphatic rings. The molecule has 1 aliphatic carbocycles. The van der Waals surface area contributed by atoms with Crippen LogP contribution >= 0.6 is 11.8 Å². The van der Waals surface area contributed by atoms with Gasteiger partial charge in [0.05, 0.1) is 5.41 Å². The van der Waals surface area contributed by atoms with Gasteiger partial charge in [-0.25, -0.2) is 0 Å². The van der Waals surface area contributed by atoms with E-state index in [2.05, 4.69) is 6.07 Å². The zero-order valence-corrected chi connectivity index (χ0v) is 10.4. The monoisotopic (exact) mass is 236 g/mol. The van der Waals surface area contributed by atoms with Gasteiger partial charge in [-0.05, 0) is 49.3 Å². The molecule has 0 heterocycles. The smallest absolute Gasteiger partial charge is 0.314 e. The van der Waals surface area contributed by atoms with Gasteiger partial charge in [-0.15, -0.1) is 11.8 Å². The standard InChI is InChI=1S/C13H16O2S/c1-9-4-5-10(16-2)8-11(9)13(12(14)15)6-3-7-13/h4-5,8H,3,6-7H2,1-2H3,(H,14,15). The number of aliphatic carboxylic acids is 1. The number of carbonyl (C=O) groups is 1. The molecule has 1 aromatic rings. The van der Waals surface area contributed by atoms with Crippen LogP contribution in [0.4, 0.5) is 0 Å². The molecule has 0 spiro atoms. The molecule has 0 atom stereocenters. The zero-order valence-electron chi connectivity index (χ0n) is 9.62. The number of rotatable bonds is 3. The molecule has 0 bridgehead atoms. The van der Waals surface area contributed by atoms with Crippen molar-refractivity contribution < 1.29 is 9.90 Å². The van der Waals surface area contributed by atoms with Crippen molar-refractivity contribution in [3.63, 3.8) is 0 Å². The summed E-state index contributed by atoms with van der Waals surface area (Å²) in [5.74, 6) is -0.667. The van der Waals surface area contributed by atoms with Gasteiger partial charge in [0.25, 0.3) is 0 Å². The first kappa shape index (κ1) is 11.5. The van der Waals surface area contributed by atoms with E-state index >= 15 is 0 Å². The highest BCUT2D eigenvalue weighted by Crippen LogP contribution is 2.45. The molecular formula is C13H16O2S. The van der Waals surface area contributed by atoms with Crippen molar-refractivity contribution in [2.75, 3.05) is 6.26 Å². The van der Waals surface area contributed by atoms with E-state index in [-0.39, 0.29) is 0 Å². The summed E-state index contributed by atoms with van der Waals surface area (Å²) in [6, 6.07) is 6.13. The van der Waals surface area contributed by atoms with Crippen LogP contribution in [-0.4, -0.2) is 17.3 Å². The number of benzene rings is 1. The fourth-order valence-corrected chi connectivity index (χ4v) is 2.81. The summed E-state index contributed by atoms with van der Waals surface area (Å²) in [4.78, 5) is 12.6.